The second-order valence-corrected chi connectivity index (χ2v) is 5.26. The fraction of sp³-hybridized carbons (Fsp3) is 0.333. The minimum absolute atomic E-state index is 0.220. The van der Waals surface area contributed by atoms with Gasteiger partial charge in [0.2, 0.25) is 11.8 Å². The van der Waals surface area contributed by atoms with E-state index in [4.69, 9.17) is 0 Å². The highest BCUT2D eigenvalue weighted by atomic mass is 79.9. The number of nitrogens with one attached hydrogen (secondary N) is 1. The van der Waals surface area contributed by atoms with Crippen molar-refractivity contribution in [3.63, 3.8) is 0 Å². The number of imide groups is 1. The maximum absolute atomic E-state index is 11.1. The largest absolute Gasteiger partial charge is 0.294 e. The zero-order valence-corrected chi connectivity index (χ0v) is 10.2. The Bertz CT molecular complexity index is 389. The van der Waals surface area contributed by atoms with Gasteiger partial charge in [-0.1, -0.05) is 0 Å². The summed E-state index contributed by atoms with van der Waals surface area (Å²) in [4.78, 5) is 25.2. The van der Waals surface area contributed by atoms with E-state index in [0.29, 0.717) is 19.6 Å². The third-order valence-electron chi connectivity index (χ3n) is 2.01. The van der Waals surface area contributed by atoms with E-state index in [0.717, 1.165) is 9.35 Å². The molecule has 1 fully saturated rings. The number of carbonyl (C=O) groups is 2. The van der Waals surface area contributed by atoms with E-state index >= 15 is 0 Å². The van der Waals surface area contributed by atoms with E-state index in [1.165, 1.54) is 0 Å². The van der Waals surface area contributed by atoms with Crippen molar-refractivity contribution in [2.45, 2.75) is 6.54 Å². The number of nitrogens with zero attached hydrogens (tertiary/aromatic N) is 1. The molecule has 1 aromatic rings. The molecule has 0 aliphatic carbocycles. The quantitative estimate of drug-likeness (QED) is 0.825. The third kappa shape index (κ3) is 2.87. The van der Waals surface area contributed by atoms with Gasteiger partial charge in [-0.25, -0.2) is 0 Å². The first-order chi connectivity index (χ1) is 7.13. The van der Waals surface area contributed by atoms with Crippen LogP contribution in [-0.4, -0.2) is 29.8 Å². The van der Waals surface area contributed by atoms with Crippen molar-refractivity contribution in [3.05, 3.63) is 20.8 Å². The minimum Gasteiger partial charge on any atom is -0.294 e. The molecule has 1 saturated heterocycles. The predicted octanol–water partition coefficient (Wildman–Crippen LogP) is 0.969. The molecule has 0 aromatic carbocycles. The Morgan fingerprint density at radius 2 is 2.07 bits per heavy atom. The molecule has 80 valence electrons. The van der Waals surface area contributed by atoms with Crippen LogP contribution in [0.5, 0.6) is 0 Å². The molecule has 15 heavy (non-hydrogen) atoms. The van der Waals surface area contributed by atoms with Gasteiger partial charge >= 0.3 is 0 Å². The van der Waals surface area contributed by atoms with Crippen molar-refractivity contribution in [2.75, 3.05) is 13.1 Å². The summed E-state index contributed by atoms with van der Waals surface area (Å²) in [6.07, 6.45) is 0. The highest BCUT2D eigenvalue weighted by Crippen LogP contribution is 2.21. The highest BCUT2D eigenvalue weighted by Gasteiger charge is 2.22. The Kier molecular flexibility index (Phi) is 3.18. The number of hydrogen-bond donors (Lipinski definition) is 1. The molecule has 6 heteroatoms. The van der Waals surface area contributed by atoms with Gasteiger partial charge in [0.15, 0.2) is 0 Å². The Hall–Kier alpha value is -0.720. The zero-order chi connectivity index (χ0) is 10.8. The predicted molar refractivity (Wildman–Crippen MR) is 60.4 cm³/mol. The van der Waals surface area contributed by atoms with Crippen LogP contribution in [0, 0.1) is 0 Å². The molecule has 0 radical (unpaired) electrons. The van der Waals surface area contributed by atoms with Crippen LogP contribution in [0.15, 0.2) is 15.9 Å². The zero-order valence-electron chi connectivity index (χ0n) is 7.83. The summed E-state index contributed by atoms with van der Waals surface area (Å²) in [5.74, 6) is -0.441. The topological polar surface area (TPSA) is 49.4 Å². The Labute approximate surface area is 99.4 Å². The van der Waals surface area contributed by atoms with Gasteiger partial charge in [0.05, 0.1) is 13.1 Å². The molecule has 0 saturated carbocycles. The van der Waals surface area contributed by atoms with E-state index in [-0.39, 0.29) is 11.8 Å². The molecule has 0 spiro atoms. The average molecular weight is 289 g/mol. The number of piperazine rings is 1. The maximum atomic E-state index is 11.1. The van der Waals surface area contributed by atoms with E-state index in [2.05, 4.69) is 21.2 Å². The molecule has 1 N–H and O–H groups in total. The highest BCUT2D eigenvalue weighted by molar-refractivity contribution is 9.10. The van der Waals surface area contributed by atoms with Crippen LogP contribution in [0.3, 0.4) is 0 Å². The first kappa shape index (κ1) is 10.8. The lowest BCUT2D eigenvalue weighted by Gasteiger charge is -2.24. The van der Waals surface area contributed by atoms with Crippen molar-refractivity contribution < 1.29 is 9.59 Å². The SMILES string of the molecule is O=C1CN(Cc2cc(Br)cs2)CC(=O)N1. The van der Waals surface area contributed by atoms with Gasteiger partial charge in [-0.3, -0.25) is 19.8 Å². The van der Waals surface area contributed by atoms with E-state index < -0.39 is 0 Å². The van der Waals surface area contributed by atoms with Crippen molar-refractivity contribution >= 4 is 39.1 Å². The second kappa shape index (κ2) is 4.42. The molecule has 4 nitrogen and oxygen atoms in total. The molecule has 1 aliphatic heterocycles. The standard InChI is InChI=1S/C9H9BrN2O2S/c10-6-1-7(15-5-6)2-12-3-8(13)11-9(14)4-12/h1,5H,2-4H2,(H,11,13,14). The normalized spacial score (nSPS) is 17.9. The fourth-order valence-electron chi connectivity index (χ4n) is 1.47. The Balaban J connectivity index is 2.00. The molecule has 0 bridgehead atoms. The number of carbonyl (C=O) groups excluding carboxylic acids is 2. The summed E-state index contributed by atoms with van der Waals surface area (Å²) >= 11 is 4.98. The lowest BCUT2D eigenvalue weighted by Crippen LogP contribution is -2.50. The molecule has 2 heterocycles. The maximum Gasteiger partial charge on any atom is 0.240 e. The van der Waals surface area contributed by atoms with Crippen molar-refractivity contribution in [2.24, 2.45) is 0 Å². The molecular weight excluding hydrogens is 280 g/mol. The van der Waals surface area contributed by atoms with Crippen molar-refractivity contribution in [1.29, 1.82) is 0 Å². The lowest BCUT2D eigenvalue weighted by molar-refractivity contribution is -0.136. The average Bonchev–Trinajstić information content (AvgIpc) is 2.49. The first-order valence-corrected chi connectivity index (χ1v) is 6.09. The number of thiophene rings is 1. The lowest BCUT2D eigenvalue weighted by atomic mass is 10.3. The van der Waals surface area contributed by atoms with Crippen LogP contribution >= 0.6 is 27.3 Å². The molecule has 2 amide bonds. The molecule has 2 rings (SSSR count). The van der Waals surface area contributed by atoms with E-state index in [1.807, 2.05) is 16.3 Å². The molecule has 1 aliphatic rings. The van der Waals surface area contributed by atoms with Crippen LogP contribution in [0.4, 0.5) is 0 Å². The van der Waals surface area contributed by atoms with Crippen LogP contribution in [-0.2, 0) is 16.1 Å². The molecule has 1 aromatic heterocycles. The van der Waals surface area contributed by atoms with Crippen LogP contribution in [0.25, 0.3) is 0 Å². The summed E-state index contributed by atoms with van der Waals surface area (Å²) in [5.41, 5.74) is 0. The summed E-state index contributed by atoms with van der Waals surface area (Å²) in [6, 6.07) is 2.00. The van der Waals surface area contributed by atoms with E-state index in [9.17, 15) is 9.59 Å². The minimum atomic E-state index is -0.220. The van der Waals surface area contributed by atoms with Gasteiger partial charge in [0, 0.05) is 21.3 Å². The molecular formula is C9H9BrN2O2S. The summed E-state index contributed by atoms with van der Waals surface area (Å²) in [5, 5.41) is 4.26. The molecule has 0 atom stereocenters. The van der Waals surface area contributed by atoms with Gasteiger partial charge in [-0.2, -0.15) is 0 Å². The number of rotatable bonds is 2. The first-order valence-electron chi connectivity index (χ1n) is 4.41. The Morgan fingerprint density at radius 3 is 2.60 bits per heavy atom. The van der Waals surface area contributed by atoms with Gasteiger partial charge in [0.1, 0.15) is 0 Å². The van der Waals surface area contributed by atoms with Gasteiger partial charge < -0.3 is 0 Å². The van der Waals surface area contributed by atoms with Crippen molar-refractivity contribution in [1.82, 2.24) is 10.2 Å². The summed E-state index contributed by atoms with van der Waals surface area (Å²) < 4.78 is 1.04. The smallest absolute Gasteiger partial charge is 0.240 e. The Morgan fingerprint density at radius 1 is 1.40 bits per heavy atom. The summed E-state index contributed by atoms with van der Waals surface area (Å²) in [7, 11) is 0. The van der Waals surface area contributed by atoms with Crippen LogP contribution < -0.4 is 5.32 Å². The van der Waals surface area contributed by atoms with Gasteiger partial charge in [0.25, 0.3) is 0 Å². The summed E-state index contributed by atoms with van der Waals surface area (Å²) in [6.45, 7) is 1.23. The number of halogens is 1. The van der Waals surface area contributed by atoms with Crippen LogP contribution in [0.2, 0.25) is 0 Å². The van der Waals surface area contributed by atoms with Gasteiger partial charge in [-0.15, -0.1) is 11.3 Å². The third-order valence-corrected chi connectivity index (χ3v) is 3.70. The van der Waals surface area contributed by atoms with Crippen molar-refractivity contribution in [3.8, 4) is 0 Å². The van der Waals surface area contributed by atoms with Crippen LogP contribution in [0.1, 0.15) is 4.88 Å². The number of amides is 2. The molecule has 0 unspecified atom stereocenters. The van der Waals surface area contributed by atoms with E-state index in [1.54, 1.807) is 11.3 Å². The second-order valence-electron chi connectivity index (χ2n) is 3.35. The monoisotopic (exact) mass is 288 g/mol. The van der Waals surface area contributed by atoms with Gasteiger partial charge in [-0.05, 0) is 22.0 Å². The number of hydrogen-bond acceptors (Lipinski definition) is 4. The fourth-order valence-corrected chi connectivity index (χ4v) is 2.96.